The predicted octanol–water partition coefficient (Wildman–Crippen LogP) is 2.33. The van der Waals surface area contributed by atoms with Gasteiger partial charge in [-0.3, -0.25) is 0 Å². The fraction of sp³-hybridized carbons (Fsp3) is 0.857. The van der Waals surface area contributed by atoms with Crippen LogP contribution >= 0.6 is 0 Å². The maximum atomic E-state index is 11.2. The first-order chi connectivity index (χ1) is 9.96. The van der Waals surface area contributed by atoms with Gasteiger partial charge in [-0.1, -0.05) is 37.3 Å². The Hall–Kier alpha value is -0.950. The fourth-order valence-corrected chi connectivity index (χ4v) is 3.42. The van der Waals surface area contributed by atoms with Gasteiger partial charge in [0.15, 0.2) is 5.82 Å². The highest BCUT2D eigenvalue weighted by molar-refractivity contribution is 7.90. The molecule has 1 atom stereocenters. The van der Waals surface area contributed by atoms with E-state index in [-0.39, 0.29) is 5.75 Å². The Morgan fingerprint density at radius 1 is 1.24 bits per heavy atom. The van der Waals surface area contributed by atoms with Crippen molar-refractivity contribution in [3.8, 4) is 0 Å². The van der Waals surface area contributed by atoms with Crippen molar-refractivity contribution in [1.29, 1.82) is 0 Å². The van der Waals surface area contributed by atoms with Gasteiger partial charge >= 0.3 is 0 Å². The summed E-state index contributed by atoms with van der Waals surface area (Å²) in [5.74, 6) is 1.48. The standard InChI is InChI=1S/C14H25N3O3S/c1-21(18,19)10-9-12(15)14-16-13(17-20-14)11-7-5-3-2-4-6-8-11/h11-12H,2-10,15H2,1H3. The molecule has 1 aliphatic carbocycles. The highest BCUT2D eigenvalue weighted by Gasteiger charge is 2.22. The summed E-state index contributed by atoms with van der Waals surface area (Å²) in [6, 6.07) is -0.505. The number of sulfone groups is 1. The molecule has 1 unspecified atom stereocenters. The molecule has 6 nitrogen and oxygen atoms in total. The number of nitrogens with two attached hydrogens (primary N) is 1. The maximum absolute atomic E-state index is 11.2. The smallest absolute Gasteiger partial charge is 0.243 e. The summed E-state index contributed by atoms with van der Waals surface area (Å²) in [4.78, 5) is 4.41. The summed E-state index contributed by atoms with van der Waals surface area (Å²) < 4.78 is 27.6. The van der Waals surface area contributed by atoms with E-state index in [1.54, 1.807) is 0 Å². The molecule has 1 aliphatic rings. The van der Waals surface area contributed by atoms with Crippen LogP contribution in [0.25, 0.3) is 0 Å². The zero-order valence-corrected chi connectivity index (χ0v) is 13.4. The van der Waals surface area contributed by atoms with Crippen LogP contribution in [0, 0.1) is 0 Å². The van der Waals surface area contributed by atoms with Gasteiger partial charge in [0.1, 0.15) is 9.84 Å². The van der Waals surface area contributed by atoms with Crippen LogP contribution in [0.3, 0.4) is 0 Å². The van der Waals surface area contributed by atoms with Gasteiger partial charge < -0.3 is 10.3 Å². The molecule has 0 bridgehead atoms. The summed E-state index contributed by atoms with van der Waals surface area (Å²) in [5, 5.41) is 4.06. The number of hydrogen-bond donors (Lipinski definition) is 1. The first-order valence-electron chi connectivity index (χ1n) is 7.72. The average molecular weight is 315 g/mol. The Morgan fingerprint density at radius 2 is 1.86 bits per heavy atom. The molecule has 7 heteroatoms. The van der Waals surface area contributed by atoms with Gasteiger partial charge in [-0.2, -0.15) is 4.98 Å². The monoisotopic (exact) mass is 315 g/mol. The summed E-state index contributed by atoms with van der Waals surface area (Å²) in [7, 11) is -3.02. The molecule has 1 aromatic rings. The second kappa shape index (κ2) is 7.35. The second-order valence-electron chi connectivity index (χ2n) is 6.06. The predicted molar refractivity (Wildman–Crippen MR) is 80.6 cm³/mol. The molecule has 1 fully saturated rings. The van der Waals surface area contributed by atoms with Crippen molar-refractivity contribution in [3.63, 3.8) is 0 Å². The fourth-order valence-electron chi connectivity index (χ4n) is 2.74. The van der Waals surface area contributed by atoms with E-state index in [1.807, 2.05) is 0 Å². The Bertz CT molecular complexity index is 533. The Morgan fingerprint density at radius 3 is 2.48 bits per heavy atom. The lowest BCUT2D eigenvalue weighted by atomic mass is 9.91. The third-order valence-corrected chi connectivity index (χ3v) is 5.02. The molecule has 0 aromatic carbocycles. The molecular formula is C14H25N3O3S. The van der Waals surface area contributed by atoms with Gasteiger partial charge in [-0.15, -0.1) is 0 Å². The third-order valence-electron chi connectivity index (χ3n) is 4.04. The molecule has 1 heterocycles. The van der Waals surface area contributed by atoms with Crippen LogP contribution in [0.15, 0.2) is 4.52 Å². The minimum Gasteiger partial charge on any atom is -0.338 e. The van der Waals surface area contributed by atoms with E-state index in [9.17, 15) is 8.42 Å². The summed E-state index contributed by atoms with van der Waals surface area (Å²) >= 11 is 0. The minimum atomic E-state index is -3.02. The summed E-state index contributed by atoms with van der Waals surface area (Å²) in [6.45, 7) is 0. The molecule has 1 saturated carbocycles. The summed E-state index contributed by atoms with van der Waals surface area (Å²) in [5.41, 5.74) is 5.94. The second-order valence-corrected chi connectivity index (χ2v) is 8.32. The number of aromatic nitrogens is 2. The topological polar surface area (TPSA) is 99.1 Å². The Labute approximate surface area is 126 Å². The lowest BCUT2D eigenvalue weighted by Gasteiger charge is -2.15. The van der Waals surface area contributed by atoms with E-state index in [0.717, 1.165) is 18.7 Å². The zero-order valence-electron chi connectivity index (χ0n) is 12.6. The lowest BCUT2D eigenvalue weighted by molar-refractivity contribution is 0.341. The van der Waals surface area contributed by atoms with Gasteiger partial charge in [0.25, 0.3) is 0 Å². The first kappa shape index (κ1) is 16.4. The lowest BCUT2D eigenvalue weighted by Crippen LogP contribution is -2.16. The van der Waals surface area contributed by atoms with Crippen LogP contribution in [0.2, 0.25) is 0 Å². The number of hydrogen-bond acceptors (Lipinski definition) is 6. The van der Waals surface area contributed by atoms with Crippen LogP contribution in [0.4, 0.5) is 0 Å². The van der Waals surface area contributed by atoms with E-state index in [4.69, 9.17) is 10.3 Å². The van der Waals surface area contributed by atoms with Gasteiger partial charge in [-0.25, -0.2) is 8.42 Å². The largest absolute Gasteiger partial charge is 0.338 e. The molecule has 21 heavy (non-hydrogen) atoms. The van der Waals surface area contributed by atoms with Crippen molar-refractivity contribution in [2.75, 3.05) is 12.0 Å². The van der Waals surface area contributed by atoms with Crippen LogP contribution in [0.5, 0.6) is 0 Å². The van der Waals surface area contributed by atoms with E-state index in [0.29, 0.717) is 18.2 Å². The van der Waals surface area contributed by atoms with Gasteiger partial charge in [-0.05, 0) is 19.3 Å². The van der Waals surface area contributed by atoms with Gasteiger partial charge in [0, 0.05) is 12.2 Å². The van der Waals surface area contributed by atoms with Crippen molar-refractivity contribution in [2.24, 2.45) is 5.73 Å². The van der Waals surface area contributed by atoms with Gasteiger partial charge in [0.2, 0.25) is 5.89 Å². The van der Waals surface area contributed by atoms with Crippen molar-refractivity contribution < 1.29 is 12.9 Å². The van der Waals surface area contributed by atoms with Crippen LogP contribution in [0.1, 0.15) is 75.0 Å². The number of nitrogens with zero attached hydrogens (tertiary/aromatic N) is 2. The van der Waals surface area contributed by atoms with Crippen LogP contribution < -0.4 is 5.73 Å². The average Bonchev–Trinajstić information content (AvgIpc) is 2.84. The normalized spacial score (nSPS) is 19.9. The van der Waals surface area contributed by atoms with E-state index >= 15 is 0 Å². The molecule has 0 amide bonds. The molecule has 2 N–H and O–H groups in total. The van der Waals surface area contributed by atoms with Crippen molar-refractivity contribution in [1.82, 2.24) is 10.1 Å². The Kier molecular flexibility index (Phi) is 5.75. The molecule has 120 valence electrons. The van der Waals surface area contributed by atoms with Crippen molar-refractivity contribution >= 4 is 9.84 Å². The summed E-state index contributed by atoms with van der Waals surface area (Å²) in [6.07, 6.45) is 9.97. The Balaban J connectivity index is 1.96. The third kappa shape index (κ3) is 5.39. The number of rotatable bonds is 5. The van der Waals surface area contributed by atoms with E-state index in [2.05, 4.69) is 10.1 Å². The molecular weight excluding hydrogens is 290 g/mol. The van der Waals surface area contributed by atoms with Crippen LogP contribution in [-0.2, 0) is 9.84 Å². The van der Waals surface area contributed by atoms with Gasteiger partial charge in [0.05, 0.1) is 11.8 Å². The van der Waals surface area contributed by atoms with Crippen LogP contribution in [-0.4, -0.2) is 30.6 Å². The van der Waals surface area contributed by atoms with Crippen molar-refractivity contribution in [2.45, 2.75) is 63.3 Å². The molecule has 1 aromatic heterocycles. The first-order valence-corrected chi connectivity index (χ1v) is 9.78. The highest BCUT2D eigenvalue weighted by Crippen LogP contribution is 2.29. The quantitative estimate of drug-likeness (QED) is 0.895. The van der Waals surface area contributed by atoms with E-state index in [1.165, 1.54) is 38.4 Å². The van der Waals surface area contributed by atoms with E-state index < -0.39 is 15.9 Å². The highest BCUT2D eigenvalue weighted by atomic mass is 32.2. The van der Waals surface area contributed by atoms with Crippen molar-refractivity contribution in [3.05, 3.63) is 11.7 Å². The SMILES string of the molecule is CS(=O)(=O)CCC(N)c1nc(C2CCCCCCC2)no1. The molecule has 0 saturated heterocycles. The molecule has 0 aliphatic heterocycles. The molecule has 0 spiro atoms. The molecule has 2 rings (SSSR count). The zero-order chi connectivity index (χ0) is 15.3. The molecule has 0 radical (unpaired) electrons. The minimum absolute atomic E-state index is 0.0370. The maximum Gasteiger partial charge on any atom is 0.243 e.